The molecule has 0 aliphatic rings. The Morgan fingerprint density at radius 1 is 0.939 bits per heavy atom. The molecule has 0 fully saturated rings. The summed E-state index contributed by atoms with van der Waals surface area (Å²) < 4.78 is 37.7. The summed E-state index contributed by atoms with van der Waals surface area (Å²) in [5.74, 6) is 1.22. The van der Waals surface area contributed by atoms with Crippen LogP contribution in [0.2, 0.25) is 0 Å². The molecular weight excluding hydrogens is 555 g/mol. The zero-order valence-corrected chi connectivity index (χ0v) is 21.3. The van der Waals surface area contributed by atoms with Crippen LogP contribution in [-0.2, 0) is 16.6 Å². The van der Waals surface area contributed by atoms with Crippen LogP contribution in [0.5, 0.6) is 11.5 Å². The smallest absolute Gasteiger partial charge is 0.251 e. The maximum atomic E-state index is 12.4. The van der Waals surface area contributed by atoms with Gasteiger partial charge in [-0.1, -0.05) is 12.1 Å². The number of nitrogens with one attached hydrogen (secondary N) is 1. The first kappa shape index (κ1) is 24.8. The fourth-order valence-electron chi connectivity index (χ4n) is 3.04. The summed E-state index contributed by atoms with van der Waals surface area (Å²) in [6.07, 6.45) is 1.18. The summed E-state index contributed by atoms with van der Waals surface area (Å²) >= 11 is 2.17. The maximum absolute atomic E-state index is 12.4. The van der Waals surface area contributed by atoms with Crippen LogP contribution in [0.3, 0.4) is 0 Å². The van der Waals surface area contributed by atoms with Gasteiger partial charge < -0.3 is 14.8 Å². The number of carbonyl (C=O) groups is 1. The summed E-state index contributed by atoms with van der Waals surface area (Å²) in [5, 5.41) is 2.81. The molecule has 0 atom stereocenters. The number of carbonyl (C=O) groups excluding carboxylic acids is 1. The highest BCUT2D eigenvalue weighted by atomic mass is 127. The summed E-state index contributed by atoms with van der Waals surface area (Å²) in [6.45, 7) is 0.855. The van der Waals surface area contributed by atoms with Gasteiger partial charge in [0.25, 0.3) is 5.91 Å². The van der Waals surface area contributed by atoms with Crippen molar-refractivity contribution in [1.29, 1.82) is 0 Å². The molecule has 0 aromatic heterocycles. The average Bonchev–Trinajstić information content (AvgIpc) is 2.81. The number of rotatable bonds is 10. The van der Waals surface area contributed by atoms with Crippen LogP contribution in [-0.4, -0.2) is 40.8 Å². The Labute approximate surface area is 207 Å². The fraction of sp³-hybridized carbons (Fsp3) is 0.208. The Morgan fingerprint density at radius 2 is 1.55 bits per heavy atom. The van der Waals surface area contributed by atoms with Crippen LogP contribution < -0.4 is 19.1 Å². The Bertz CT molecular complexity index is 1160. The van der Waals surface area contributed by atoms with Crippen molar-refractivity contribution in [2.75, 3.05) is 30.8 Å². The van der Waals surface area contributed by atoms with Crippen molar-refractivity contribution in [3.8, 4) is 11.5 Å². The van der Waals surface area contributed by atoms with Crippen molar-refractivity contribution in [1.82, 2.24) is 5.32 Å². The first-order valence-electron chi connectivity index (χ1n) is 10.1. The molecule has 3 aromatic rings. The molecule has 0 saturated heterocycles. The highest BCUT2D eigenvalue weighted by molar-refractivity contribution is 14.1. The predicted molar refractivity (Wildman–Crippen MR) is 137 cm³/mol. The van der Waals surface area contributed by atoms with E-state index < -0.39 is 10.0 Å². The van der Waals surface area contributed by atoms with Gasteiger partial charge in [0.1, 0.15) is 18.1 Å². The van der Waals surface area contributed by atoms with E-state index in [-0.39, 0.29) is 12.5 Å². The van der Waals surface area contributed by atoms with Crippen molar-refractivity contribution >= 4 is 44.2 Å². The molecule has 174 valence electrons. The van der Waals surface area contributed by atoms with Gasteiger partial charge in [-0.25, -0.2) is 8.42 Å². The Kier molecular flexibility index (Phi) is 8.56. The number of hydrogen-bond acceptors (Lipinski definition) is 5. The molecule has 0 aliphatic carbocycles. The molecule has 1 amide bonds. The van der Waals surface area contributed by atoms with Crippen LogP contribution in [0.1, 0.15) is 15.9 Å². The number of sulfonamides is 1. The summed E-state index contributed by atoms with van der Waals surface area (Å²) in [5.41, 5.74) is 1.86. The van der Waals surface area contributed by atoms with Gasteiger partial charge in [-0.05, 0) is 88.8 Å². The first-order chi connectivity index (χ1) is 15.8. The van der Waals surface area contributed by atoms with Gasteiger partial charge in [0.05, 0.1) is 32.1 Å². The second-order valence-corrected chi connectivity index (χ2v) is 10.4. The average molecular weight is 580 g/mol. The van der Waals surface area contributed by atoms with Crippen molar-refractivity contribution in [3.05, 3.63) is 87.5 Å². The van der Waals surface area contributed by atoms with Crippen LogP contribution in [0.4, 0.5) is 5.69 Å². The monoisotopic (exact) mass is 580 g/mol. The van der Waals surface area contributed by atoms with E-state index in [2.05, 4.69) is 27.9 Å². The minimum Gasteiger partial charge on any atom is -0.497 e. The van der Waals surface area contributed by atoms with Gasteiger partial charge in [0.2, 0.25) is 10.0 Å². The quantitative estimate of drug-likeness (QED) is 0.289. The van der Waals surface area contributed by atoms with Gasteiger partial charge in [0, 0.05) is 9.13 Å². The lowest BCUT2D eigenvalue weighted by Crippen LogP contribution is -2.29. The molecule has 0 saturated carbocycles. The number of methoxy groups -OCH3 is 1. The van der Waals surface area contributed by atoms with Crippen LogP contribution >= 0.6 is 22.6 Å². The van der Waals surface area contributed by atoms with Crippen LogP contribution in [0.15, 0.2) is 72.8 Å². The summed E-state index contributed by atoms with van der Waals surface area (Å²) in [4.78, 5) is 12.4. The molecule has 0 spiro atoms. The number of halogens is 1. The fourth-order valence-corrected chi connectivity index (χ4v) is 4.29. The second kappa shape index (κ2) is 11.4. The van der Waals surface area contributed by atoms with Crippen molar-refractivity contribution in [2.24, 2.45) is 0 Å². The number of benzene rings is 3. The van der Waals surface area contributed by atoms with E-state index in [4.69, 9.17) is 9.47 Å². The van der Waals surface area contributed by atoms with E-state index in [9.17, 15) is 13.2 Å². The lowest BCUT2D eigenvalue weighted by atomic mass is 10.1. The van der Waals surface area contributed by atoms with Crippen molar-refractivity contribution in [3.63, 3.8) is 0 Å². The van der Waals surface area contributed by atoms with E-state index in [1.165, 1.54) is 10.6 Å². The molecular formula is C24H25IN2O5S. The maximum Gasteiger partial charge on any atom is 0.251 e. The SMILES string of the molecule is COc1ccc(OCCNC(=O)c2ccc(CN(c3ccc(I)cc3)S(C)(=O)=O)cc2)cc1. The molecule has 1 N–H and O–H groups in total. The normalized spacial score (nSPS) is 11.0. The van der Waals surface area contributed by atoms with E-state index in [1.54, 1.807) is 67.8 Å². The van der Waals surface area contributed by atoms with Gasteiger partial charge in [-0.3, -0.25) is 9.10 Å². The molecule has 7 nitrogen and oxygen atoms in total. The Hall–Kier alpha value is -2.79. The third-order valence-electron chi connectivity index (χ3n) is 4.77. The van der Waals surface area contributed by atoms with Crippen molar-refractivity contribution in [2.45, 2.75) is 6.54 Å². The molecule has 0 bridgehead atoms. The van der Waals surface area contributed by atoms with Crippen LogP contribution in [0, 0.1) is 3.57 Å². The molecule has 0 radical (unpaired) electrons. The molecule has 3 rings (SSSR count). The molecule has 9 heteroatoms. The third-order valence-corrected chi connectivity index (χ3v) is 6.63. The number of amides is 1. The summed E-state index contributed by atoms with van der Waals surface area (Å²) in [6, 6.07) is 21.4. The molecule has 3 aromatic carbocycles. The number of hydrogen-bond donors (Lipinski definition) is 1. The highest BCUT2D eigenvalue weighted by Crippen LogP contribution is 2.22. The Morgan fingerprint density at radius 3 is 2.12 bits per heavy atom. The zero-order chi connectivity index (χ0) is 23.8. The van der Waals surface area contributed by atoms with E-state index >= 15 is 0 Å². The standard InChI is InChI=1S/C24H25IN2O5S/c1-31-22-11-13-23(14-12-22)32-16-15-26-24(28)19-5-3-18(4-6-19)17-27(33(2,29)30)21-9-7-20(25)8-10-21/h3-14H,15-17H2,1-2H3,(H,26,28). The molecule has 0 unspecified atom stereocenters. The molecule has 33 heavy (non-hydrogen) atoms. The van der Waals surface area contributed by atoms with Gasteiger partial charge >= 0.3 is 0 Å². The number of anilines is 1. The van der Waals surface area contributed by atoms with Gasteiger partial charge in [-0.15, -0.1) is 0 Å². The predicted octanol–water partition coefficient (Wildman–Crippen LogP) is 4.07. The minimum atomic E-state index is -3.47. The lowest BCUT2D eigenvalue weighted by molar-refractivity contribution is 0.0947. The molecule has 0 heterocycles. The number of nitrogens with zero attached hydrogens (tertiary/aromatic N) is 1. The first-order valence-corrected chi connectivity index (χ1v) is 13.1. The van der Waals surface area contributed by atoms with Gasteiger partial charge in [0.15, 0.2) is 0 Å². The minimum absolute atomic E-state index is 0.178. The van der Waals surface area contributed by atoms with Crippen LogP contribution in [0.25, 0.3) is 0 Å². The van der Waals surface area contributed by atoms with Gasteiger partial charge in [-0.2, -0.15) is 0 Å². The van der Waals surface area contributed by atoms with E-state index in [0.717, 1.165) is 14.9 Å². The Balaban J connectivity index is 1.54. The zero-order valence-electron chi connectivity index (χ0n) is 18.3. The largest absolute Gasteiger partial charge is 0.497 e. The molecule has 0 aliphatic heterocycles. The number of ether oxygens (including phenoxy) is 2. The second-order valence-electron chi connectivity index (χ2n) is 7.22. The van der Waals surface area contributed by atoms with Crippen molar-refractivity contribution < 1.29 is 22.7 Å². The lowest BCUT2D eigenvalue weighted by Gasteiger charge is -2.22. The topological polar surface area (TPSA) is 84.9 Å². The van der Waals surface area contributed by atoms with E-state index in [1.807, 2.05) is 12.1 Å². The summed E-state index contributed by atoms with van der Waals surface area (Å²) in [7, 11) is -1.87. The third kappa shape index (κ3) is 7.36. The van der Waals surface area contributed by atoms with E-state index in [0.29, 0.717) is 30.2 Å². The highest BCUT2D eigenvalue weighted by Gasteiger charge is 2.18.